The van der Waals surface area contributed by atoms with E-state index in [9.17, 15) is 5.48 Å². The summed E-state index contributed by atoms with van der Waals surface area (Å²) in [4.78, 5) is 4.66. The minimum Gasteiger partial charge on any atom is -0.297 e. The zero-order chi connectivity index (χ0) is 39.4. The van der Waals surface area contributed by atoms with Gasteiger partial charge in [0, 0.05) is 5.69 Å². The molecule has 2 nitrogen and oxygen atoms in total. The molecule has 0 saturated carbocycles. The normalized spacial score (nSPS) is 15.8. The van der Waals surface area contributed by atoms with Crippen LogP contribution in [-0.4, -0.2) is 9.55 Å². The molecular weight excluding hydrogens is 508 g/mol. The molecule has 0 saturated heterocycles. The second kappa shape index (κ2) is 9.87. The topological polar surface area (TPSA) is 17.8 Å². The molecule has 0 aliphatic rings. The van der Waals surface area contributed by atoms with E-state index in [2.05, 4.69) is 4.98 Å². The molecule has 1 heterocycles. The lowest BCUT2D eigenvalue weighted by Crippen LogP contribution is -1.97. The Kier molecular flexibility index (Phi) is 3.39. The molecule has 2 heteroatoms. The summed E-state index contributed by atoms with van der Waals surface area (Å²) in [5, 5.41) is 0.0574. The van der Waals surface area contributed by atoms with E-state index in [-0.39, 0.29) is 49.4 Å². The number of para-hydroxylation sites is 2. The van der Waals surface area contributed by atoms with Crippen molar-refractivity contribution in [1.82, 2.24) is 9.55 Å². The lowest BCUT2D eigenvalue weighted by atomic mass is 9.85. The molecular formula is C40H28N2. The quantitative estimate of drug-likeness (QED) is 0.200. The molecule has 0 aliphatic carbocycles. The SMILES string of the molecule is [2H]c1c([2H])c([2H])c(-c2cccc(-c3c4c([2H])c([2H])c([2H])c([2H])c4c(-c4ccc(-n5c(C)nc6ccccc65)cc4)c4c([2H])c([2H])c([2H])c([2H])c34)c2)c([2H])c1[2H]. The van der Waals surface area contributed by atoms with E-state index in [0.717, 1.165) is 22.5 Å². The van der Waals surface area contributed by atoms with Crippen LogP contribution in [0, 0.1) is 6.92 Å². The molecule has 0 fully saturated rings. The lowest BCUT2D eigenvalue weighted by Gasteiger charge is -2.18. The molecule has 8 aromatic rings. The molecule has 8 rings (SSSR count). The van der Waals surface area contributed by atoms with Crippen molar-refractivity contribution in [3.05, 3.63) is 157 Å². The van der Waals surface area contributed by atoms with Gasteiger partial charge in [-0.15, -0.1) is 0 Å². The number of imidazole rings is 1. The summed E-state index contributed by atoms with van der Waals surface area (Å²) in [7, 11) is 0. The molecule has 0 N–H and O–H groups in total. The van der Waals surface area contributed by atoms with Crippen LogP contribution in [0.2, 0.25) is 0 Å². The number of benzene rings is 7. The first-order valence-electron chi connectivity index (χ1n) is 19.8. The molecule has 0 atom stereocenters. The van der Waals surface area contributed by atoms with Crippen molar-refractivity contribution < 1.29 is 17.8 Å². The number of nitrogens with zero attached hydrogens (tertiary/aromatic N) is 2. The summed E-state index contributed by atoms with van der Waals surface area (Å²) in [5.74, 6) is 0.739. The van der Waals surface area contributed by atoms with Crippen LogP contribution in [0.5, 0.6) is 0 Å². The van der Waals surface area contributed by atoms with E-state index in [1.165, 1.54) is 6.07 Å². The summed E-state index contributed by atoms with van der Waals surface area (Å²) < 4.78 is 115. The molecule has 0 unspecified atom stereocenters. The van der Waals surface area contributed by atoms with Crippen LogP contribution in [0.15, 0.2) is 151 Å². The van der Waals surface area contributed by atoms with Crippen molar-refractivity contribution in [1.29, 1.82) is 0 Å². The van der Waals surface area contributed by atoms with Crippen molar-refractivity contribution in [3.8, 4) is 39.1 Å². The first-order valence-corrected chi connectivity index (χ1v) is 13.3. The molecule has 0 amide bonds. The highest BCUT2D eigenvalue weighted by atomic mass is 15.1. The fourth-order valence-corrected chi connectivity index (χ4v) is 5.68. The van der Waals surface area contributed by atoms with Crippen LogP contribution in [-0.2, 0) is 0 Å². The van der Waals surface area contributed by atoms with Gasteiger partial charge in [-0.3, -0.25) is 4.57 Å². The van der Waals surface area contributed by atoms with E-state index < -0.39 is 78.6 Å². The smallest absolute Gasteiger partial charge is 0.111 e. The van der Waals surface area contributed by atoms with Crippen LogP contribution in [0.1, 0.15) is 23.6 Å². The molecule has 0 spiro atoms. The summed E-state index contributed by atoms with van der Waals surface area (Å²) in [5.41, 5.74) is 3.51. The maximum Gasteiger partial charge on any atom is 0.111 e. The second-order valence-corrected chi connectivity index (χ2v) is 9.86. The van der Waals surface area contributed by atoms with E-state index in [4.69, 9.17) is 12.3 Å². The average molecular weight is 550 g/mol. The average Bonchev–Trinajstić information content (AvgIpc) is 3.53. The Bertz CT molecular complexity index is 2860. The predicted octanol–water partition coefficient (Wildman–Crippen LogP) is 10.6. The number of rotatable bonds is 4. The first-order chi connectivity index (χ1) is 26.1. The Morgan fingerprint density at radius 2 is 1.10 bits per heavy atom. The summed E-state index contributed by atoms with van der Waals surface area (Å²) in [6.45, 7) is 1.88. The van der Waals surface area contributed by atoms with Crippen LogP contribution < -0.4 is 0 Å². The van der Waals surface area contributed by atoms with E-state index in [1.807, 2.05) is 47.9 Å². The maximum atomic E-state index is 9.24. The Labute approximate surface area is 263 Å². The van der Waals surface area contributed by atoms with Gasteiger partial charge in [0.1, 0.15) is 5.82 Å². The Morgan fingerprint density at radius 3 is 1.76 bits per heavy atom. The van der Waals surface area contributed by atoms with Crippen molar-refractivity contribution in [3.63, 3.8) is 0 Å². The molecule has 0 bridgehead atoms. The Hall–Kier alpha value is -5.47. The van der Waals surface area contributed by atoms with Crippen molar-refractivity contribution in [2.75, 3.05) is 0 Å². The first kappa shape index (κ1) is 14.4. The minimum atomic E-state index is -0.559. The summed E-state index contributed by atoms with van der Waals surface area (Å²) >= 11 is 0. The molecule has 7 aromatic carbocycles. The van der Waals surface area contributed by atoms with Gasteiger partial charge >= 0.3 is 0 Å². The lowest BCUT2D eigenvalue weighted by molar-refractivity contribution is 1.00. The van der Waals surface area contributed by atoms with Crippen LogP contribution in [0.25, 0.3) is 71.6 Å². The third-order valence-electron chi connectivity index (χ3n) is 7.46. The van der Waals surface area contributed by atoms with E-state index >= 15 is 0 Å². The van der Waals surface area contributed by atoms with Gasteiger partial charge in [-0.2, -0.15) is 0 Å². The number of aromatic nitrogens is 2. The second-order valence-electron chi connectivity index (χ2n) is 9.86. The van der Waals surface area contributed by atoms with Gasteiger partial charge in [0.2, 0.25) is 0 Å². The van der Waals surface area contributed by atoms with Crippen molar-refractivity contribution in [2.45, 2.75) is 6.92 Å². The van der Waals surface area contributed by atoms with Crippen molar-refractivity contribution >= 4 is 32.6 Å². The maximum absolute atomic E-state index is 9.24. The van der Waals surface area contributed by atoms with Gasteiger partial charge in [-0.05, 0) is 92.2 Å². The Balaban J connectivity index is 1.51. The van der Waals surface area contributed by atoms with Crippen LogP contribution in [0.3, 0.4) is 0 Å². The van der Waals surface area contributed by atoms with Crippen molar-refractivity contribution in [2.24, 2.45) is 0 Å². The number of hydrogen-bond donors (Lipinski definition) is 0. The summed E-state index contributed by atoms with van der Waals surface area (Å²) in [6, 6.07) is 14.6. The highest BCUT2D eigenvalue weighted by Crippen LogP contribution is 2.44. The molecule has 198 valence electrons. The number of fused-ring (bicyclic) bond motifs is 3. The largest absolute Gasteiger partial charge is 0.297 e. The zero-order valence-electron chi connectivity index (χ0n) is 35.3. The van der Waals surface area contributed by atoms with Gasteiger partial charge in [0.05, 0.1) is 28.9 Å². The van der Waals surface area contributed by atoms with Gasteiger partial charge < -0.3 is 0 Å². The molecule has 42 heavy (non-hydrogen) atoms. The predicted molar refractivity (Wildman–Crippen MR) is 177 cm³/mol. The van der Waals surface area contributed by atoms with Gasteiger partial charge in [0.15, 0.2) is 0 Å². The molecule has 0 aliphatic heterocycles. The van der Waals surface area contributed by atoms with Gasteiger partial charge in [-0.1, -0.05) is 121 Å². The monoisotopic (exact) mass is 549 g/mol. The number of hydrogen-bond acceptors (Lipinski definition) is 1. The minimum absolute atomic E-state index is 0.00253. The van der Waals surface area contributed by atoms with Crippen LogP contribution in [0.4, 0.5) is 0 Å². The van der Waals surface area contributed by atoms with Gasteiger partial charge in [-0.25, -0.2) is 4.98 Å². The zero-order valence-corrected chi connectivity index (χ0v) is 22.3. The third-order valence-corrected chi connectivity index (χ3v) is 7.46. The Morgan fingerprint density at radius 1 is 0.524 bits per heavy atom. The fourth-order valence-electron chi connectivity index (χ4n) is 5.68. The fraction of sp³-hybridized carbons (Fsp3) is 0.0250. The van der Waals surface area contributed by atoms with Gasteiger partial charge in [0.25, 0.3) is 0 Å². The van der Waals surface area contributed by atoms with E-state index in [0.29, 0.717) is 5.56 Å². The van der Waals surface area contributed by atoms with E-state index in [1.54, 1.807) is 30.3 Å². The summed E-state index contributed by atoms with van der Waals surface area (Å²) in [6.07, 6.45) is 0. The highest BCUT2D eigenvalue weighted by molar-refractivity contribution is 6.21. The van der Waals surface area contributed by atoms with Crippen LogP contribution >= 0.6 is 0 Å². The highest BCUT2D eigenvalue weighted by Gasteiger charge is 2.17. The standard InChI is InChI=1S/C40H28N2/c1-27-41-37-20-9-10-21-38(37)42(27)32-24-22-29(23-25-32)39-33-16-5-7-18-35(33)40(36-19-8-6-17-34(36)39)31-15-11-14-30(26-31)28-12-3-2-4-13-28/h2-26H,1H3/i2D,3D,4D,5D,6D,7D,8D,12D,13D,16D,17D,18D,19D. The molecule has 0 radical (unpaired) electrons. The molecule has 1 aromatic heterocycles. The number of aryl methyl sites for hydroxylation is 1. The third kappa shape index (κ3) is 3.92.